The summed E-state index contributed by atoms with van der Waals surface area (Å²) in [6, 6.07) is 3.92. The molecule has 1 atom stereocenters. The van der Waals surface area contributed by atoms with Crippen LogP contribution in [0.1, 0.15) is 25.5 Å². The molecular weight excluding hydrogens is 264 g/mol. The quantitative estimate of drug-likeness (QED) is 0.619. The van der Waals surface area contributed by atoms with Crippen molar-refractivity contribution in [3.63, 3.8) is 0 Å². The van der Waals surface area contributed by atoms with Gasteiger partial charge in [-0.3, -0.25) is 4.99 Å². The molecule has 2 heterocycles. The molecule has 0 spiro atoms. The van der Waals surface area contributed by atoms with Crippen molar-refractivity contribution in [1.82, 2.24) is 15.5 Å². The molecule has 0 aromatic carbocycles. The minimum Gasteiger partial charge on any atom is -0.469 e. The van der Waals surface area contributed by atoms with E-state index in [4.69, 9.17) is 4.42 Å². The number of nitrogens with zero attached hydrogens (tertiary/aromatic N) is 2. The number of piperidine rings is 1. The molecule has 0 radical (unpaired) electrons. The Balaban J connectivity index is 1.65. The lowest BCUT2D eigenvalue weighted by Crippen LogP contribution is -2.44. The largest absolute Gasteiger partial charge is 0.469 e. The molecule has 0 saturated carbocycles. The summed E-state index contributed by atoms with van der Waals surface area (Å²) in [7, 11) is 1.82. The highest BCUT2D eigenvalue weighted by atomic mass is 16.3. The Labute approximate surface area is 127 Å². The van der Waals surface area contributed by atoms with Crippen LogP contribution in [0.5, 0.6) is 0 Å². The normalized spacial score (nSPS) is 20.5. The molecule has 5 heteroatoms. The van der Waals surface area contributed by atoms with Crippen molar-refractivity contribution < 1.29 is 4.42 Å². The summed E-state index contributed by atoms with van der Waals surface area (Å²) >= 11 is 0. The third kappa shape index (κ3) is 5.42. The highest BCUT2D eigenvalue weighted by Crippen LogP contribution is 2.14. The lowest BCUT2D eigenvalue weighted by atomic mass is 9.98. The Kier molecular flexibility index (Phi) is 6.60. The third-order valence-electron chi connectivity index (χ3n) is 4.08. The fraction of sp³-hybridized carbons (Fsp3) is 0.688. The molecule has 1 aromatic rings. The monoisotopic (exact) mass is 292 g/mol. The summed E-state index contributed by atoms with van der Waals surface area (Å²) in [5.74, 6) is 2.61. The molecule has 0 bridgehead atoms. The Morgan fingerprint density at radius 2 is 2.38 bits per heavy atom. The average Bonchev–Trinajstić information content (AvgIpc) is 3.04. The SMILES string of the molecule is CCN1CCCC(CNC(=NC)NCCc2ccco2)C1. The smallest absolute Gasteiger partial charge is 0.191 e. The number of hydrogen-bond acceptors (Lipinski definition) is 3. The maximum absolute atomic E-state index is 5.32. The van der Waals surface area contributed by atoms with Gasteiger partial charge in [-0.2, -0.15) is 0 Å². The molecule has 1 aliphatic rings. The van der Waals surface area contributed by atoms with Gasteiger partial charge in [-0.1, -0.05) is 6.92 Å². The lowest BCUT2D eigenvalue weighted by molar-refractivity contribution is 0.183. The van der Waals surface area contributed by atoms with E-state index in [0.717, 1.165) is 43.7 Å². The van der Waals surface area contributed by atoms with Crippen molar-refractivity contribution in [1.29, 1.82) is 0 Å². The van der Waals surface area contributed by atoms with E-state index in [1.807, 2.05) is 19.2 Å². The molecule has 5 nitrogen and oxygen atoms in total. The second-order valence-corrected chi connectivity index (χ2v) is 5.61. The average molecular weight is 292 g/mol. The number of likely N-dealkylation sites (tertiary alicyclic amines) is 1. The summed E-state index contributed by atoms with van der Waals surface area (Å²) in [5.41, 5.74) is 0. The zero-order chi connectivity index (χ0) is 14.9. The van der Waals surface area contributed by atoms with Crippen LogP contribution in [0, 0.1) is 5.92 Å². The summed E-state index contributed by atoms with van der Waals surface area (Å²) in [5, 5.41) is 6.78. The van der Waals surface area contributed by atoms with E-state index in [-0.39, 0.29) is 0 Å². The molecule has 1 saturated heterocycles. The molecule has 0 amide bonds. The first-order valence-corrected chi connectivity index (χ1v) is 8.01. The van der Waals surface area contributed by atoms with E-state index in [2.05, 4.69) is 27.4 Å². The zero-order valence-corrected chi connectivity index (χ0v) is 13.3. The standard InChI is InChI=1S/C16H28N4O/c1-3-20-10-4-6-14(13-20)12-19-16(17-2)18-9-8-15-7-5-11-21-15/h5,7,11,14H,3-4,6,8-10,12-13H2,1-2H3,(H2,17,18,19). The van der Waals surface area contributed by atoms with Crippen LogP contribution in [0.3, 0.4) is 0 Å². The van der Waals surface area contributed by atoms with Gasteiger partial charge in [-0.15, -0.1) is 0 Å². The Morgan fingerprint density at radius 1 is 1.48 bits per heavy atom. The Bertz CT molecular complexity index is 416. The van der Waals surface area contributed by atoms with Crippen LogP contribution in [0.2, 0.25) is 0 Å². The van der Waals surface area contributed by atoms with Crippen LogP contribution in [-0.2, 0) is 6.42 Å². The summed E-state index contributed by atoms with van der Waals surface area (Å²) in [4.78, 5) is 6.81. The maximum Gasteiger partial charge on any atom is 0.191 e. The van der Waals surface area contributed by atoms with Crippen molar-refractivity contribution in [2.24, 2.45) is 10.9 Å². The predicted octanol–water partition coefficient (Wildman–Crippen LogP) is 1.72. The summed E-state index contributed by atoms with van der Waals surface area (Å²) < 4.78 is 5.32. The minimum atomic E-state index is 0.724. The number of nitrogens with one attached hydrogen (secondary N) is 2. The van der Waals surface area contributed by atoms with Crippen LogP contribution in [0.25, 0.3) is 0 Å². The molecule has 1 aromatic heterocycles. The van der Waals surface area contributed by atoms with E-state index >= 15 is 0 Å². The van der Waals surface area contributed by atoms with Gasteiger partial charge in [-0.25, -0.2) is 0 Å². The third-order valence-corrected chi connectivity index (χ3v) is 4.08. The van der Waals surface area contributed by atoms with E-state index in [9.17, 15) is 0 Å². The van der Waals surface area contributed by atoms with Crippen molar-refractivity contribution >= 4 is 5.96 Å². The van der Waals surface area contributed by atoms with Crippen molar-refractivity contribution in [2.75, 3.05) is 39.8 Å². The van der Waals surface area contributed by atoms with E-state index in [0.29, 0.717) is 0 Å². The van der Waals surface area contributed by atoms with E-state index < -0.39 is 0 Å². The highest BCUT2D eigenvalue weighted by Gasteiger charge is 2.18. The van der Waals surface area contributed by atoms with Crippen molar-refractivity contribution in [3.05, 3.63) is 24.2 Å². The molecule has 1 unspecified atom stereocenters. The van der Waals surface area contributed by atoms with Gasteiger partial charge in [0.25, 0.3) is 0 Å². The van der Waals surface area contributed by atoms with Gasteiger partial charge in [0.1, 0.15) is 5.76 Å². The van der Waals surface area contributed by atoms with Gasteiger partial charge in [-0.05, 0) is 44.0 Å². The van der Waals surface area contributed by atoms with Gasteiger partial charge in [0, 0.05) is 33.1 Å². The first-order valence-electron chi connectivity index (χ1n) is 8.01. The minimum absolute atomic E-state index is 0.724. The van der Waals surface area contributed by atoms with Crippen LogP contribution in [-0.4, -0.2) is 50.6 Å². The number of hydrogen-bond donors (Lipinski definition) is 2. The molecule has 1 aliphatic heterocycles. The second-order valence-electron chi connectivity index (χ2n) is 5.61. The molecule has 2 rings (SSSR count). The van der Waals surface area contributed by atoms with Gasteiger partial charge >= 0.3 is 0 Å². The van der Waals surface area contributed by atoms with E-state index in [1.54, 1.807) is 6.26 Å². The van der Waals surface area contributed by atoms with Gasteiger partial charge in [0.05, 0.1) is 6.26 Å². The van der Waals surface area contributed by atoms with Gasteiger partial charge in [0.15, 0.2) is 5.96 Å². The molecule has 1 fully saturated rings. The molecular formula is C16H28N4O. The number of guanidine groups is 1. The number of rotatable bonds is 6. The van der Waals surface area contributed by atoms with Crippen molar-refractivity contribution in [3.8, 4) is 0 Å². The predicted molar refractivity (Wildman–Crippen MR) is 86.6 cm³/mol. The highest BCUT2D eigenvalue weighted by molar-refractivity contribution is 5.79. The van der Waals surface area contributed by atoms with E-state index in [1.165, 1.54) is 25.9 Å². The van der Waals surface area contributed by atoms with Crippen LogP contribution >= 0.6 is 0 Å². The molecule has 118 valence electrons. The van der Waals surface area contributed by atoms with Crippen molar-refractivity contribution in [2.45, 2.75) is 26.2 Å². The lowest BCUT2D eigenvalue weighted by Gasteiger charge is -2.32. The zero-order valence-electron chi connectivity index (χ0n) is 13.3. The molecule has 2 N–H and O–H groups in total. The first kappa shape index (κ1) is 15.9. The molecule has 0 aliphatic carbocycles. The number of furan rings is 1. The Hall–Kier alpha value is -1.49. The Morgan fingerprint density at radius 3 is 3.10 bits per heavy atom. The van der Waals surface area contributed by atoms with Gasteiger partial charge in [0.2, 0.25) is 0 Å². The fourth-order valence-corrected chi connectivity index (χ4v) is 2.83. The first-order chi connectivity index (χ1) is 10.3. The number of aliphatic imine (C=N–C) groups is 1. The fourth-order valence-electron chi connectivity index (χ4n) is 2.83. The van der Waals surface area contributed by atoms with Gasteiger partial charge < -0.3 is 20.0 Å². The van der Waals surface area contributed by atoms with Crippen LogP contribution in [0.4, 0.5) is 0 Å². The maximum atomic E-state index is 5.32. The van der Waals surface area contributed by atoms with Crippen LogP contribution in [0.15, 0.2) is 27.8 Å². The summed E-state index contributed by atoms with van der Waals surface area (Å²) in [6.45, 7) is 7.68. The second kappa shape index (κ2) is 8.72. The topological polar surface area (TPSA) is 52.8 Å². The summed E-state index contributed by atoms with van der Waals surface area (Å²) in [6.07, 6.45) is 5.21. The molecule has 21 heavy (non-hydrogen) atoms. The van der Waals surface area contributed by atoms with Crippen LogP contribution < -0.4 is 10.6 Å².